The van der Waals surface area contributed by atoms with Gasteiger partial charge in [0, 0.05) is 36.6 Å². The monoisotopic (exact) mass is 359 g/mol. The zero-order chi connectivity index (χ0) is 18.8. The van der Waals surface area contributed by atoms with Gasteiger partial charge >= 0.3 is 0 Å². The van der Waals surface area contributed by atoms with E-state index in [0.29, 0.717) is 6.54 Å². The average Bonchev–Trinajstić information content (AvgIpc) is 3.01. The number of hydrogen-bond donors (Lipinski definition) is 2. The molecule has 1 aliphatic rings. The molecule has 1 aliphatic heterocycles. The predicted molar refractivity (Wildman–Crippen MR) is 96.2 cm³/mol. The quantitative estimate of drug-likeness (QED) is 0.880. The van der Waals surface area contributed by atoms with Gasteiger partial charge in [-0.15, -0.1) is 0 Å². The molecule has 0 saturated heterocycles. The largest absolute Gasteiger partial charge is 0.374 e. The molecule has 0 fully saturated rings. The number of rotatable bonds is 4. The molecule has 5 nitrogen and oxygen atoms in total. The first-order valence-electron chi connectivity index (χ1n) is 8.28. The Labute approximate surface area is 150 Å². The van der Waals surface area contributed by atoms with Crippen LogP contribution < -0.4 is 15.5 Å². The van der Waals surface area contributed by atoms with Gasteiger partial charge < -0.3 is 15.5 Å². The van der Waals surface area contributed by atoms with Crippen molar-refractivity contribution in [2.45, 2.75) is 26.3 Å². The molecule has 2 N–H and O–H groups in total. The fourth-order valence-electron chi connectivity index (χ4n) is 2.96. The Morgan fingerprint density at radius 3 is 2.50 bits per heavy atom. The van der Waals surface area contributed by atoms with E-state index in [0.717, 1.165) is 35.5 Å². The molecule has 2 aromatic rings. The lowest BCUT2D eigenvalue weighted by molar-refractivity contribution is -0.117. The maximum absolute atomic E-state index is 13.2. The van der Waals surface area contributed by atoms with Crippen molar-refractivity contribution in [2.75, 3.05) is 22.1 Å². The highest BCUT2D eigenvalue weighted by Crippen LogP contribution is 2.30. The number of nitrogens with one attached hydrogen (secondary N) is 2. The number of nitrogens with zero attached hydrogens (tertiary/aromatic N) is 1. The van der Waals surface area contributed by atoms with Crippen molar-refractivity contribution in [2.24, 2.45) is 0 Å². The Bertz CT molecular complexity index is 870. The minimum absolute atomic E-state index is 0.00346. The zero-order valence-corrected chi connectivity index (χ0v) is 14.5. The lowest BCUT2D eigenvalue weighted by atomic mass is 10.1. The molecule has 7 heteroatoms. The number of hydrogen-bond acceptors (Lipinski definition) is 3. The maximum atomic E-state index is 13.2. The summed E-state index contributed by atoms with van der Waals surface area (Å²) in [6.45, 7) is 3.86. The Hall–Kier alpha value is -2.96. The summed E-state index contributed by atoms with van der Waals surface area (Å²) in [5.74, 6) is -2.35. The molecule has 1 atom stereocenters. The van der Waals surface area contributed by atoms with Gasteiger partial charge in [0.1, 0.15) is 6.04 Å². The number of benzene rings is 2. The third kappa shape index (κ3) is 3.66. The minimum Gasteiger partial charge on any atom is -0.374 e. The van der Waals surface area contributed by atoms with Crippen molar-refractivity contribution in [1.82, 2.24) is 0 Å². The van der Waals surface area contributed by atoms with Crippen molar-refractivity contribution in [3.8, 4) is 0 Å². The van der Waals surface area contributed by atoms with Crippen LogP contribution in [0, 0.1) is 11.6 Å². The van der Waals surface area contributed by atoms with Crippen LogP contribution in [0.25, 0.3) is 0 Å². The van der Waals surface area contributed by atoms with Gasteiger partial charge in [0.25, 0.3) is 0 Å². The summed E-state index contributed by atoms with van der Waals surface area (Å²) in [7, 11) is 0. The van der Waals surface area contributed by atoms with E-state index in [4.69, 9.17) is 0 Å². The van der Waals surface area contributed by atoms with E-state index in [1.54, 1.807) is 17.9 Å². The Balaban J connectivity index is 1.66. The summed E-state index contributed by atoms with van der Waals surface area (Å²) in [4.78, 5) is 25.6. The number of halogens is 2. The zero-order valence-electron chi connectivity index (χ0n) is 14.5. The van der Waals surface area contributed by atoms with Gasteiger partial charge in [-0.05, 0) is 49.2 Å². The highest BCUT2D eigenvalue weighted by atomic mass is 19.2. The van der Waals surface area contributed by atoms with Crippen LogP contribution in [0.1, 0.15) is 19.4 Å². The van der Waals surface area contributed by atoms with Crippen LogP contribution in [0.4, 0.5) is 25.8 Å². The van der Waals surface area contributed by atoms with Crippen molar-refractivity contribution >= 4 is 28.9 Å². The number of fused-ring (bicyclic) bond motifs is 1. The van der Waals surface area contributed by atoms with Crippen molar-refractivity contribution in [3.05, 3.63) is 53.6 Å². The molecule has 0 bridgehead atoms. The number of amides is 2. The molecule has 0 unspecified atom stereocenters. The number of anilines is 3. The molecule has 0 aliphatic carbocycles. The van der Waals surface area contributed by atoms with Gasteiger partial charge in [0.2, 0.25) is 11.8 Å². The third-order valence-electron chi connectivity index (χ3n) is 4.32. The molecular weight excluding hydrogens is 340 g/mol. The first-order valence-corrected chi connectivity index (χ1v) is 8.28. The van der Waals surface area contributed by atoms with E-state index < -0.39 is 17.7 Å². The smallest absolute Gasteiger partial charge is 0.246 e. The van der Waals surface area contributed by atoms with Crippen LogP contribution in [0.3, 0.4) is 0 Å². The standard InChI is InChI=1S/C19H19F2N3O2/c1-11(19(26)23-15-3-5-16(20)17(21)10-15)22-14-4-6-18-13(9-14)7-8-24(18)12(2)25/h3-6,9-11,22H,7-8H2,1-2H3,(H,23,26)/t11-/m0/s1. The molecular formula is C19H19F2N3O2. The highest BCUT2D eigenvalue weighted by Gasteiger charge is 2.22. The van der Waals surface area contributed by atoms with E-state index in [1.807, 2.05) is 12.1 Å². The van der Waals surface area contributed by atoms with Gasteiger partial charge in [-0.2, -0.15) is 0 Å². The average molecular weight is 359 g/mol. The minimum atomic E-state index is -1.02. The Morgan fingerprint density at radius 1 is 1.08 bits per heavy atom. The third-order valence-corrected chi connectivity index (χ3v) is 4.32. The molecule has 1 heterocycles. The molecule has 0 radical (unpaired) electrons. The first-order chi connectivity index (χ1) is 12.3. The lowest BCUT2D eigenvalue weighted by Crippen LogP contribution is -2.32. The molecule has 2 aromatic carbocycles. The summed E-state index contributed by atoms with van der Waals surface area (Å²) in [5, 5.41) is 5.62. The van der Waals surface area contributed by atoms with Crippen molar-refractivity contribution in [1.29, 1.82) is 0 Å². The molecule has 0 saturated carbocycles. The molecule has 136 valence electrons. The van der Waals surface area contributed by atoms with Crippen LogP contribution in [0.15, 0.2) is 36.4 Å². The first kappa shape index (κ1) is 17.8. The van der Waals surface area contributed by atoms with Gasteiger partial charge in [0.05, 0.1) is 0 Å². The summed E-state index contributed by atoms with van der Waals surface area (Å²) in [6.07, 6.45) is 0.764. The van der Waals surface area contributed by atoms with Gasteiger partial charge in [-0.1, -0.05) is 0 Å². The van der Waals surface area contributed by atoms with Crippen molar-refractivity contribution in [3.63, 3.8) is 0 Å². The highest BCUT2D eigenvalue weighted by molar-refractivity contribution is 5.97. The molecule has 26 heavy (non-hydrogen) atoms. The second-order valence-corrected chi connectivity index (χ2v) is 6.25. The van der Waals surface area contributed by atoms with Crippen LogP contribution in [0.5, 0.6) is 0 Å². The van der Waals surface area contributed by atoms with Crippen LogP contribution in [-0.2, 0) is 16.0 Å². The Morgan fingerprint density at radius 2 is 1.81 bits per heavy atom. The Kier molecular flexibility index (Phi) is 4.88. The fourth-order valence-corrected chi connectivity index (χ4v) is 2.96. The molecule has 0 aromatic heterocycles. The normalized spacial score (nSPS) is 13.9. The van der Waals surface area contributed by atoms with E-state index >= 15 is 0 Å². The van der Waals surface area contributed by atoms with E-state index in [9.17, 15) is 18.4 Å². The lowest BCUT2D eigenvalue weighted by Gasteiger charge is -2.18. The summed E-state index contributed by atoms with van der Waals surface area (Å²) >= 11 is 0. The number of carbonyl (C=O) groups is 2. The van der Waals surface area contributed by atoms with Gasteiger partial charge in [-0.25, -0.2) is 8.78 Å². The van der Waals surface area contributed by atoms with E-state index in [1.165, 1.54) is 13.0 Å². The fraction of sp³-hybridized carbons (Fsp3) is 0.263. The summed E-state index contributed by atoms with van der Waals surface area (Å²) < 4.78 is 26.2. The summed E-state index contributed by atoms with van der Waals surface area (Å²) in [5.41, 5.74) is 2.87. The van der Waals surface area contributed by atoms with Crippen LogP contribution in [-0.4, -0.2) is 24.4 Å². The van der Waals surface area contributed by atoms with Gasteiger partial charge in [-0.3, -0.25) is 9.59 Å². The topological polar surface area (TPSA) is 61.4 Å². The molecule has 2 amide bonds. The van der Waals surface area contributed by atoms with Crippen LogP contribution >= 0.6 is 0 Å². The number of carbonyl (C=O) groups excluding carboxylic acids is 2. The second kappa shape index (κ2) is 7.11. The second-order valence-electron chi connectivity index (χ2n) is 6.25. The maximum Gasteiger partial charge on any atom is 0.246 e. The van der Waals surface area contributed by atoms with Gasteiger partial charge in [0.15, 0.2) is 11.6 Å². The summed E-state index contributed by atoms with van der Waals surface area (Å²) in [6, 6.07) is 8.18. The van der Waals surface area contributed by atoms with E-state index in [2.05, 4.69) is 10.6 Å². The molecule has 0 spiro atoms. The van der Waals surface area contributed by atoms with E-state index in [-0.39, 0.29) is 17.5 Å². The predicted octanol–water partition coefficient (Wildman–Crippen LogP) is 3.31. The van der Waals surface area contributed by atoms with Crippen LogP contribution in [0.2, 0.25) is 0 Å². The van der Waals surface area contributed by atoms with Crippen molar-refractivity contribution < 1.29 is 18.4 Å². The SMILES string of the molecule is CC(=O)N1CCc2cc(N[C@@H](C)C(=O)Nc3ccc(F)c(F)c3)ccc21. The molecule has 3 rings (SSSR count).